The molecule has 0 bridgehead atoms. The lowest BCUT2D eigenvalue weighted by Crippen LogP contribution is -2.43. The minimum atomic E-state index is -0.881. The van der Waals surface area contributed by atoms with Gasteiger partial charge in [0, 0.05) is 47.2 Å². The molecule has 0 saturated heterocycles. The van der Waals surface area contributed by atoms with E-state index in [1.807, 2.05) is 42.5 Å². The molecule has 3 aromatic rings. The number of anilines is 2. The lowest BCUT2D eigenvalue weighted by Gasteiger charge is -2.32. The highest BCUT2D eigenvalue weighted by Gasteiger charge is 2.53. The number of carbonyl (C=O) groups excluding carboxylic acids is 1. The molecular weight excluding hydrogens is 456 g/mol. The number of carbonyl (C=O) groups is 1. The van der Waals surface area contributed by atoms with Crippen LogP contribution < -0.4 is 10.6 Å². The van der Waals surface area contributed by atoms with E-state index in [9.17, 15) is 9.35 Å². The summed E-state index contributed by atoms with van der Waals surface area (Å²) in [6.07, 6.45) is 5.28. The van der Waals surface area contributed by atoms with Gasteiger partial charge in [-0.1, -0.05) is 43.6 Å². The molecule has 1 unspecified atom stereocenters. The molecule has 1 saturated carbocycles. The third-order valence-electron chi connectivity index (χ3n) is 6.62. The van der Waals surface area contributed by atoms with Crippen molar-refractivity contribution in [2.24, 2.45) is 0 Å². The fourth-order valence-corrected chi connectivity index (χ4v) is 5.76. The number of aromatic nitrogens is 2. The summed E-state index contributed by atoms with van der Waals surface area (Å²) in [7, 11) is 0. The zero-order valence-electron chi connectivity index (χ0n) is 18.7. The minimum absolute atomic E-state index is 0.0599. The fourth-order valence-electron chi connectivity index (χ4n) is 4.41. The van der Waals surface area contributed by atoms with Crippen LogP contribution in [0.3, 0.4) is 0 Å². The Hall–Kier alpha value is -2.61. The number of fused-ring (bicyclic) bond motifs is 1. The molecule has 1 aliphatic heterocycles. The highest BCUT2D eigenvalue weighted by atomic mass is 35.5. The van der Waals surface area contributed by atoms with Crippen LogP contribution in [-0.4, -0.2) is 33.2 Å². The first kappa shape index (κ1) is 22.2. The molecule has 1 aliphatic carbocycles. The topological polar surface area (TPSA) is 90.0 Å². The molecule has 1 atom stereocenters. The second-order valence-electron chi connectivity index (χ2n) is 9.37. The Balaban J connectivity index is 1.43. The van der Waals surface area contributed by atoms with Crippen molar-refractivity contribution in [1.29, 1.82) is 0 Å². The van der Waals surface area contributed by atoms with E-state index in [1.165, 1.54) is 0 Å². The van der Waals surface area contributed by atoms with Gasteiger partial charge in [0.05, 0.1) is 23.2 Å². The number of benzene rings is 2. The van der Waals surface area contributed by atoms with Crippen LogP contribution in [0.4, 0.5) is 11.6 Å². The van der Waals surface area contributed by atoms with Crippen molar-refractivity contribution in [2.75, 3.05) is 18.1 Å². The molecule has 33 heavy (non-hydrogen) atoms. The zero-order valence-corrected chi connectivity index (χ0v) is 20.3. The van der Waals surface area contributed by atoms with Gasteiger partial charge in [-0.3, -0.25) is 4.79 Å². The number of amides is 1. The maximum absolute atomic E-state index is 12.3. The van der Waals surface area contributed by atoms with E-state index in [0.717, 1.165) is 35.2 Å². The van der Waals surface area contributed by atoms with Gasteiger partial charge >= 0.3 is 0 Å². The van der Waals surface area contributed by atoms with Gasteiger partial charge in [-0.25, -0.2) is 9.97 Å². The maximum atomic E-state index is 12.3. The number of nitrogens with zero attached hydrogens (tertiary/aromatic N) is 2. The van der Waals surface area contributed by atoms with E-state index in [1.54, 1.807) is 12.5 Å². The molecule has 5 rings (SSSR count). The van der Waals surface area contributed by atoms with Crippen LogP contribution in [0.25, 0.3) is 11.3 Å². The minimum Gasteiger partial charge on any atom is -0.616 e. The number of nitrogens with one attached hydrogen (secondary N) is 2. The molecule has 170 valence electrons. The standard InChI is InChI=1S/C25H25ClN4O2S/c1-24(2)14-28-22(31)18-9-4-15(12-19(18)24)21-20(26)13-27-23(30-21)29-17-7-5-16(6-8-17)25(10-11-25)33(3)32/h4-9,12-13H,10-11,14H2,1-3H3,(H,28,31)(H,27,29,30). The molecule has 6 nitrogen and oxygen atoms in total. The van der Waals surface area contributed by atoms with E-state index in [0.29, 0.717) is 28.8 Å². The second kappa shape index (κ2) is 8.01. The molecule has 2 aliphatic rings. The first-order valence-electron chi connectivity index (χ1n) is 10.9. The van der Waals surface area contributed by atoms with Gasteiger partial charge in [0.1, 0.15) is 0 Å². The van der Waals surface area contributed by atoms with E-state index < -0.39 is 11.2 Å². The van der Waals surface area contributed by atoms with E-state index in [4.69, 9.17) is 11.6 Å². The van der Waals surface area contributed by atoms with Crippen molar-refractivity contribution >= 4 is 40.3 Å². The smallest absolute Gasteiger partial charge is 0.251 e. The molecule has 2 heterocycles. The number of hydrogen-bond acceptors (Lipinski definition) is 5. The SMILES string of the molecule is C[S+]([O-])C1(c2ccc(Nc3ncc(Cl)c(-c4ccc5c(c4)C(C)(C)CNC5=O)n3)cc2)CC1. The molecule has 1 fully saturated rings. The molecule has 8 heteroatoms. The molecular formula is C25H25ClN4O2S. The van der Waals surface area contributed by atoms with Gasteiger partial charge in [0.2, 0.25) is 5.95 Å². The Morgan fingerprint density at radius 2 is 1.88 bits per heavy atom. The molecule has 2 N–H and O–H groups in total. The highest BCUT2D eigenvalue weighted by molar-refractivity contribution is 7.91. The molecule has 1 amide bonds. The average molecular weight is 481 g/mol. The summed E-state index contributed by atoms with van der Waals surface area (Å²) in [6.45, 7) is 4.79. The normalized spacial score (nSPS) is 18.8. The van der Waals surface area contributed by atoms with E-state index in [2.05, 4.69) is 34.4 Å². The van der Waals surface area contributed by atoms with Crippen molar-refractivity contribution in [3.8, 4) is 11.3 Å². The summed E-state index contributed by atoms with van der Waals surface area (Å²) < 4.78 is 11.9. The first-order valence-corrected chi connectivity index (χ1v) is 12.8. The monoisotopic (exact) mass is 480 g/mol. The first-order chi connectivity index (χ1) is 15.7. The van der Waals surface area contributed by atoms with Crippen LogP contribution in [0.2, 0.25) is 5.02 Å². The van der Waals surface area contributed by atoms with Crippen molar-refractivity contribution in [1.82, 2.24) is 15.3 Å². The average Bonchev–Trinajstić information content (AvgIpc) is 3.61. The summed E-state index contributed by atoms with van der Waals surface area (Å²) in [5, 5.41) is 6.62. The Morgan fingerprint density at radius 1 is 1.15 bits per heavy atom. The van der Waals surface area contributed by atoms with E-state index >= 15 is 0 Å². The Morgan fingerprint density at radius 3 is 2.55 bits per heavy atom. The summed E-state index contributed by atoms with van der Waals surface area (Å²) in [5.41, 5.74) is 4.85. The van der Waals surface area contributed by atoms with Crippen molar-refractivity contribution in [3.05, 3.63) is 70.4 Å². The van der Waals surface area contributed by atoms with Crippen LogP contribution in [0.5, 0.6) is 0 Å². The maximum Gasteiger partial charge on any atom is 0.251 e. The van der Waals surface area contributed by atoms with Crippen LogP contribution in [-0.2, 0) is 21.3 Å². The molecule has 0 radical (unpaired) electrons. The van der Waals surface area contributed by atoms with E-state index in [-0.39, 0.29) is 16.1 Å². The van der Waals surface area contributed by atoms with Crippen LogP contribution in [0, 0.1) is 0 Å². The Labute approximate surface area is 201 Å². The van der Waals surface area contributed by atoms with Crippen LogP contribution in [0.1, 0.15) is 48.2 Å². The fraction of sp³-hybridized carbons (Fsp3) is 0.320. The zero-order chi connectivity index (χ0) is 23.4. The molecule has 2 aromatic carbocycles. The van der Waals surface area contributed by atoms with Gasteiger partial charge in [0.25, 0.3) is 5.91 Å². The van der Waals surface area contributed by atoms with Crippen molar-refractivity contribution in [2.45, 2.75) is 36.9 Å². The molecule has 0 spiro atoms. The number of hydrogen-bond donors (Lipinski definition) is 2. The van der Waals surface area contributed by atoms with Gasteiger partial charge in [-0.2, -0.15) is 0 Å². The van der Waals surface area contributed by atoms with Crippen LogP contribution in [0.15, 0.2) is 48.7 Å². The number of halogens is 1. The largest absolute Gasteiger partial charge is 0.616 e. The molecule has 1 aromatic heterocycles. The summed E-state index contributed by atoms with van der Waals surface area (Å²) in [4.78, 5) is 21.3. The lowest BCUT2D eigenvalue weighted by atomic mass is 9.78. The summed E-state index contributed by atoms with van der Waals surface area (Å²) in [6, 6.07) is 13.7. The second-order valence-corrected chi connectivity index (χ2v) is 11.5. The van der Waals surface area contributed by atoms with Crippen LogP contribution >= 0.6 is 11.6 Å². The Kier molecular flexibility index (Phi) is 5.39. The predicted molar refractivity (Wildman–Crippen MR) is 133 cm³/mol. The third-order valence-corrected chi connectivity index (χ3v) is 8.64. The highest BCUT2D eigenvalue weighted by Crippen LogP contribution is 2.52. The summed E-state index contributed by atoms with van der Waals surface area (Å²) >= 11 is 5.58. The van der Waals surface area contributed by atoms with Crippen molar-refractivity contribution < 1.29 is 9.35 Å². The third kappa shape index (κ3) is 3.98. The Bertz CT molecular complexity index is 1240. The van der Waals surface area contributed by atoms with Crippen molar-refractivity contribution in [3.63, 3.8) is 0 Å². The van der Waals surface area contributed by atoms with Gasteiger partial charge in [-0.15, -0.1) is 0 Å². The van der Waals surface area contributed by atoms with Gasteiger partial charge in [0.15, 0.2) is 4.75 Å². The number of rotatable bonds is 5. The predicted octanol–water partition coefficient (Wildman–Crippen LogP) is 4.93. The van der Waals surface area contributed by atoms with Gasteiger partial charge in [-0.05, 0) is 41.0 Å². The lowest BCUT2D eigenvalue weighted by molar-refractivity contribution is 0.0930. The quantitative estimate of drug-likeness (QED) is 0.505. The van der Waals surface area contributed by atoms with Gasteiger partial charge < -0.3 is 15.2 Å². The summed E-state index contributed by atoms with van der Waals surface area (Å²) in [5.74, 6) is 0.368.